The Morgan fingerprint density at radius 2 is 1.50 bits per heavy atom. The van der Waals surface area contributed by atoms with E-state index in [0.717, 1.165) is 23.4 Å². The SMILES string of the molecule is CCc1c(-c2ccc(OCc3ccccc3)cc2)c2ccc3c(N)ccc1n32. The maximum atomic E-state index is 6.18. The molecule has 5 rings (SSSR count). The molecule has 3 heteroatoms. The van der Waals surface area contributed by atoms with E-state index < -0.39 is 0 Å². The van der Waals surface area contributed by atoms with Gasteiger partial charge in [0.25, 0.3) is 0 Å². The number of ether oxygens (including phenoxy) is 1. The molecule has 0 aliphatic carbocycles. The zero-order valence-electron chi connectivity index (χ0n) is 15.9. The number of rotatable bonds is 5. The van der Waals surface area contributed by atoms with E-state index in [9.17, 15) is 0 Å². The van der Waals surface area contributed by atoms with Crippen LogP contribution in [-0.4, -0.2) is 4.40 Å². The van der Waals surface area contributed by atoms with Gasteiger partial charge >= 0.3 is 0 Å². The van der Waals surface area contributed by atoms with E-state index >= 15 is 0 Å². The zero-order chi connectivity index (χ0) is 19.1. The average molecular weight is 366 g/mol. The molecule has 0 radical (unpaired) electrons. The van der Waals surface area contributed by atoms with E-state index in [4.69, 9.17) is 10.5 Å². The Balaban J connectivity index is 1.52. The minimum absolute atomic E-state index is 0.577. The Morgan fingerprint density at radius 3 is 2.25 bits per heavy atom. The molecule has 5 aromatic rings. The molecule has 0 spiro atoms. The standard InChI is InChI=1S/C25H22N2O/c1-2-20-22-13-12-21(26)23-14-15-24(27(22)23)25(20)18-8-10-19(11-9-18)28-16-17-6-4-3-5-7-17/h3-15H,2,16,26H2,1H3. The fourth-order valence-corrected chi connectivity index (χ4v) is 4.10. The summed E-state index contributed by atoms with van der Waals surface area (Å²) in [6, 6.07) is 27.1. The summed E-state index contributed by atoms with van der Waals surface area (Å²) in [6.45, 7) is 2.79. The molecule has 3 aromatic heterocycles. The second-order valence-corrected chi connectivity index (χ2v) is 7.12. The fraction of sp³-hybridized carbons (Fsp3) is 0.120. The van der Waals surface area contributed by atoms with Gasteiger partial charge in [-0.2, -0.15) is 0 Å². The maximum Gasteiger partial charge on any atom is 0.119 e. The third-order valence-corrected chi connectivity index (χ3v) is 5.45. The van der Waals surface area contributed by atoms with Gasteiger partial charge in [0.2, 0.25) is 0 Å². The summed E-state index contributed by atoms with van der Waals surface area (Å²) < 4.78 is 8.23. The van der Waals surface area contributed by atoms with Crippen LogP contribution in [0.1, 0.15) is 18.1 Å². The number of nitrogen functional groups attached to an aromatic ring is 1. The summed E-state index contributed by atoms with van der Waals surface area (Å²) in [5.74, 6) is 0.881. The molecule has 28 heavy (non-hydrogen) atoms. The van der Waals surface area contributed by atoms with Gasteiger partial charge in [0.15, 0.2) is 0 Å². The highest BCUT2D eigenvalue weighted by atomic mass is 16.5. The van der Waals surface area contributed by atoms with Crippen molar-refractivity contribution in [3.05, 3.63) is 90.0 Å². The van der Waals surface area contributed by atoms with Gasteiger partial charge in [-0.1, -0.05) is 49.4 Å². The first-order valence-electron chi connectivity index (χ1n) is 9.67. The van der Waals surface area contributed by atoms with Crippen LogP contribution in [0.2, 0.25) is 0 Å². The fourth-order valence-electron chi connectivity index (χ4n) is 4.10. The second-order valence-electron chi connectivity index (χ2n) is 7.12. The molecule has 0 unspecified atom stereocenters. The molecule has 0 aliphatic heterocycles. The summed E-state index contributed by atoms with van der Waals surface area (Å²) in [7, 11) is 0. The summed E-state index contributed by atoms with van der Waals surface area (Å²) in [6.07, 6.45) is 0.974. The topological polar surface area (TPSA) is 39.7 Å². The molecule has 0 amide bonds. The first-order chi connectivity index (χ1) is 13.8. The van der Waals surface area contributed by atoms with Crippen molar-refractivity contribution in [2.75, 3.05) is 5.73 Å². The van der Waals surface area contributed by atoms with E-state index in [1.54, 1.807) is 0 Å². The van der Waals surface area contributed by atoms with Crippen molar-refractivity contribution < 1.29 is 4.74 Å². The molecule has 3 nitrogen and oxygen atoms in total. The highest BCUT2D eigenvalue weighted by molar-refractivity contribution is 5.97. The van der Waals surface area contributed by atoms with E-state index in [1.807, 2.05) is 24.3 Å². The molecule has 0 saturated carbocycles. The van der Waals surface area contributed by atoms with Crippen LogP contribution in [-0.2, 0) is 13.0 Å². The molecule has 2 aromatic carbocycles. The van der Waals surface area contributed by atoms with Crippen LogP contribution in [0.25, 0.3) is 27.7 Å². The van der Waals surface area contributed by atoms with Gasteiger partial charge in [-0.05, 0) is 59.5 Å². The van der Waals surface area contributed by atoms with Gasteiger partial charge in [-0.15, -0.1) is 0 Å². The van der Waals surface area contributed by atoms with Crippen LogP contribution in [0.3, 0.4) is 0 Å². The lowest BCUT2D eigenvalue weighted by molar-refractivity contribution is 0.306. The van der Waals surface area contributed by atoms with Crippen molar-refractivity contribution in [2.45, 2.75) is 20.0 Å². The lowest BCUT2D eigenvalue weighted by atomic mass is 9.99. The molecule has 138 valence electrons. The average Bonchev–Trinajstić information content (AvgIpc) is 3.31. The van der Waals surface area contributed by atoms with Gasteiger partial charge < -0.3 is 14.9 Å². The third-order valence-electron chi connectivity index (χ3n) is 5.45. The van der Waals surface area contributed by atoms with Crippen LogP contribution in [0.15, 0.2) is 78.9 Å². The van der Waals surface area contributed by atoms with Gasteiger partial charge in [0, 0.05) is 5.56 Å². The predicted molar refractivity (Wildman–Crippen MR) is 116 cm³/mol. The molecule has 0 aliphatic rings. The Labute approximate surface area is 164 Å². The summed E-state index contributed by atoms with van der Waals surface area (Å²) in [4.78, 5) is 0. The molecule has 2 N–H and O–H groups in total. The maximum absolute atomic E-state index is 6.18. The Kier molecular flexibility index (Phi) is 3.94. The van der Waals surface area contributed by atoms with Crippen LogP contribution in [0.5, 0.6) is 5.75 Å². The van der Waals surface area contributed by atoms with Gasteiger partial charge in [-0.25, -0.2) is 0 Å². The Hall–Kier alpha value is -3.46. The first-order valence-corrected chi connectivity index (χ1v) is 9.67. The van der Waals surface area contributed by atoms with Crippen molar-refractivity contribution in [3.8, 4) is 16.9 Å². The van der Waals surface area contributed by atoms with Crippen LogP contribution in [0, 0.1) is 0 Å². The number of hydrogen-bond acceptors (Lipinski definition) is 2. The Morgan fingerprint density at radius 1 is 0.786 bits per heavy atom. The number of aromatic nitrogens is 1. The van der Waals surface area contributed by atoms with Crippen molar-refractivity contribution in [2.24, 2.45) is 0 Å². The van der Waals surface area contributed by atoms with Crippen molar-refractivity contribution >= 4 is 22.2 Å². The van der Waals surface area contributed by atoms with Gasteiger partial charge in [0.05, 0.1) is 22.2 Å². The smallest absolute Gasteiger partial charge is 0.119 e. The number of hydrogen-bond donors (Lipinski definition) is 1. The number of nitrogens with two attached hydrogens (primary N) is 1. The normalized spacial score (nSPS) is 11.5. The quantitative estimate of drug-likeness (QED) is 0.419. The second kappa shape index (κ2) is 6.61. The van der Waals surface area contributed by atoms with Crippen molar-refractivity contribution in [1.82, 2.24) is 4.40 Å². The highest BCUT2D eigenvalue weighted by Gasteiger charge is 2.18. The molecular weight excluding hydrogens is 344 g/mol. The lowest BCUT2D eigenvalue weighted by Crippen LogP contribution is -1.94. The van der Waals surface area contributed by atoms with Crippen LogP contribution in [0.4, 0.5) is 5.69 Å². The Bertz CT molecular complexity index is 1240. The number of pyridine rings is 1. The van der Waals surface area contributed by atoms with Gasteiger partial charge in [-0.3, -0.25) is 0 Å². The molecule has 0 fully saturated rings. The summed E-state index contributed by atoms with van der Waals surface area (Å²) in [5, 5.41) is 0. The van der Waals surface area contributed by atoms with Crippen LogP contribution >= 0.6 is 0 Å². The summed E-state index contributed by atoms with van der Waals surface area (Å²) >= 11 is 0. The predicted octanol–water partition coefficient (Wildman–Crippen LogP) is 5.92. The number of aryl methyl sites for hydroxylation is 1. The van der Waals surface area contributed by atoms with Crippen molar-refractivity contribution in [1.29, 1.82) is 0 Å². The largest absolute Gasteiger partial charge is 0.489 e. The van der Waals surface area contributed by atoms with E-state index in [1.165, 1.54) is 33.3 Å². The lowest BCUT2D eigenvalue weighted by Gasteiger charge is -2.08. The monoisotopic (exact) mass is 366 g/mol. The number of anilines is 1. The molecule has 0 atom stereocenters. The van der Waals surface area contributed by atoms with E-state index in [2.05, 4.69) is 65.9 Å². The highest BCUT2D eigenvalue weighted by Crippen LogP contribution is 2.38. The molecule has 0 bridgehead atoms. The third kappa shape index (κ3) is 2.59. The van der Waals surface area contributed by atoms with E-state index in [-0.39, 0.29) is 0 Å². The van der Waals surface area contributed by atoms with Crippen LogP contribution < -0.4 is 10.5 Å². The minimum Gasteiger partial charge on any atom is -0.489 e. The number of nitrogens with zero attached hydrogens (tertiary/aromatic N) is 1. The summed E-state index contributed by atoms with van der Waals surface area (Å²) in [5.41, 5.74) is 15.6. The zero-order valence-corrected chi connectivity index (χ0v) is 15.9. The minimum atomic E-state index is 0.577. The molecule has 3 heterocycles. The number of benzene rings is 2. The van der Waals surface area contributed by atoms with Crippen molar-refractivity contribution in [3.63, 3.8) is 0 Å². The van der Waals surface area contributed by atoms with Gasteiger partial charge in [0.1, 0.15) is 12.4 Å². The molecular formula is C25H22N2O. The molecule has 0 saturated heterocycles. The first kappa shape index (κ1) is 16.7. The van der Waals surface area contributed by atoms with E-state index in [0.29, 0.717) is 6.61 Å².